The van der Waals surface area contributed by atoms with E-state index in [0.717, 1.165) is 0 Å². The molecule has 3 heterocycles. The molecule has 10 heteroatoms. The van der Waals surface area contributed by atoms with Gasteiger partial charge in [0, 0.05) is 0 Å². The molecule has 8 atom stereocenters. The van der Waals surface area contributed by atoms with Crippen LogP contribution in [0.25, 0.3) is 0 Å². The van der Waals surface area contributed by atoms with Crippen LogP contribution in [0.1, 0.15) is 13.8 Å². The van der Waals surface area contributed by atoms with Gasteiger partial charge in [0.15, 0.2) is 12.1 Å². The SMILES string of the molecule is CC1(C)OC[C@H]([C@H]2OCO[C@@H]2[C@H](O)CO[C@@H]2OC[C@@H](O)[C@H](O)[C@H]2O)O1. The molecular weight excluding hydrogens is 340 g/mol. The predicted molar refractivity (Wildman–Crippen MR) is 79.2 cm³/mol. The van der Waals surface area contributed by atoms with Crippen molar-refractivity contribution in [3.05, 3.63) is 0 Å². The van der Waals surface area contributed by atoms with Crippen LogP contribution in [0.2, 0.25) is 0 Å². The first-order valence-electron chi connectivity index (χ1n) is 8.29. The normalized spacial score (nSPS) is 45.6. The van der Waals surface area contributed by atoms with Gasteiger partial charge in [0.05, 0.1) is 19.8 Å². The topological polar surface area (TPSA) is 136 Å². The monoisotopic (exact) mass is 366 g/mol. The summed E-state index contributed by atoms with van der Waals surface area (Å²) in [4.78, 5) is 0. The van der Waals surface area contributed by atoms with E-state index in [4.69, 9.17) is 28.4 Å². The second-order valence-corrected chi connectivity index (χ2v) is 6.90. The molecule has 0 spiro atoms. The minimum atomic E-state index is -1.42. The van der Waals surface area contributed by atoms with Gasteiger partial charge in [-0.1, -0.05) is 0 Å². The zero-order valence-electron chi connectivity index (χ0n) is 14.2. The predicted octanol–water partition coefficient (Wildman–Crippen LogP) is -2.30. The average molecular weight is 366 g/mol. The van der Waals surface area contributed by atoms with E-state index in [0.29, 0.717) is 6.61 Å². The van der Waals surface area contributed by atoms with Crippen molar-refractivity contribution >= 4 is 0 Å². The molecule has 3 rings (SSSR count). The maximum absolute atomic E-state index is 10.4. The van der Waals surface area contributed by atoms with Crippen LogP contribution in [-0.4, -0.2) is 102 Å². The van der Waals surface area contributed by atoms with E-state index in [1.165, 1.54) is 0 Å². The zero-order chi connectivity index (χ0) is 18.2. The number of aliphatic hydroxyl groups excluding tert-OH is 4. The van der Waals surface area contributed by atoms with Crippen molar-refractivity contribution in [3.63, 3.8) is 0 Å². The van der Waals surface area contributed by atoms with Gasteiger partial charge in [0.1, 0.15) is 49.5 Å². The molecule has 25 heavy (non-hydrogen) atoms. The average Bonchev–Trinajstić information content (AvgIpc) is 3.17. The maximum Gasteiger partial charge on any atom is 0.186 e. The van der Waals surface area contributed by atoms with Crippen LogP contribution in [0.15, 0.2) is 0 Å². The molecule has 4 N–H and O–H groups in total. The fraction of sp³-hybridized carbons (Fsp3) is 1.00. The van der Waals surface area contributed by atoms with Gasteiger partial charge in [-0.05, 0) is 13.8 Å². The van der Waals surface area contributed by atoms with E-state index in [1.807, 2.05) is 0 Å². The van der Waals surface area contributed by atoms with Crippen molar-refractivity contribution in [3.8, 4) is 0 Å². The van der Waals surface area contributed by atoms with Gasteiger partial charge in [-0.2, -0.15) is 0 Å². The van der Waals surface area contributed by atoms with Crippen molar-refractivity contribution in [2.75, 3.05) is 26.6 Å². The fourth-order valence-corrected chi connectivity index (χ4v) is 3.13. The van der Waals surface area contributed by atoms with E-state index in [2.05, 4.69) is 0 Å². The summed E-state index contributed by atoms with van der Waals surface area (Å²) in [6.45, 7) is 3.52. The summed E-state index contributed by atoms with van der Waals surface area (Å²) in [5.41, 5.74) is 0. The lowest BCUT2D eigenvalue weighted by Gasteiger charge is -2.35. The maximum atomic E-state index is 10.4. The number of ether oxygens (including phenoxy) is 6. The summed E-state index contributed by atoms with van der Waals surface area (Å²) in [6, 6.07) is 0. The molecule has 0 bridgehead atoms. The lowest BCUT2D eigenvalue weighted by atomic mass is 10.0. The number of hydrogen-bond acceptors (Lipinski definition) is 10. The summed E-state index contributed by atoms with van der Waals surface area (Å²) in [5, 5.41) is 39.2. The van der Waals surface area contributed by atoms with Crippen LogP contribution in [0.5, 0.6) is 0 Å². The fourth-order valence-electron chi connectivity index (χ4n) is 3.13. The molecule has 10 nitrogen and oxygen atoms in total. The molecule has 3 fully saturated rings. The molecule has 0 aromatic rings. The number of aliphatic hydroxyl groups is 4. The quantitative estimate of drug-likeness (QED) is 0.420. The first-order chi connectivity index (χ1) is 11.8. The standard InChI is InChI=1S/C15H26O10/c1-15(2)24-5-9(25-15)13-12(22-6-23-13)8(17)4-21-14-11(19)10(18)7(16)3-20-14/h7-14,16-19H,3-6H2,1-2H3/t7-,8-,9-,10+,11-,12-,13-,14+/m1/s1. The Morgan fingerprint density at radius 2 is 1.84 bits per heavy atom. The van der Waals surface area contributed by atoms with Crippen molar-refractivity contribution in [2.45, 2.75) is 68.7 Å². The zero-order valence-corrected chi connectivity index (χ0v) is 14.2. The highest BCUT2D eigenvalue weighted by atomic mass is 16.8. The number of rotatable bonds is 5. The first kappa shape index (κ1) is 19.4. The summed E-state index contributed by atoms with van der Waals surface area (Å²) in [6.07, 6.45) is -7.80. The highest BCUT2D eigenvalue weighted by Crippen LogP contribution is 2.30. The molecule has 0 aliphatic carbocycles. The summed E-state index contributed by atoms with van der Waals surface area (Å²) in [7, 11) is 0. The van der Waals surface area contributed by atoms with Crippen LogP contribution in [0.3, 0.4) is 0 Å². The molecule has 0 saturated carbocycles. The Kier molecular flexibility index (Phi) is 5.95. The van der Waals surface area contributed by atoms with Gasteiger partial charge in [-0.15, -0.1) is 0 Å². The van der Waals surface area contributed by atoms with Gasteiger partial charge >= 0.3 is 0 Å². The molecule has 3 aliphatic heterocycles. The van der Waals surface area contributed by atoms with Gasteiger partial charge in [0.2, 0.25) is 0 Å². The van der Waals surface area contributed by atoms with E-state index >= 15 is 0 Å². The molecule has 146 valence electrons. The second-order valence-electron chi connectivity index (χ2n) is 6.90. The summed E-state index contributed by atoms with van der Waals surface area (Å²) < 4.78 is 32.7. The Bertz CT molecular complexity index is 446. The second kappa shape index (κ2) is 7.69. The molecule has 0 radical (unpaired) electrons. The highest BCUT2D eigenvalue weighted by Gasteiger charge is 2.47. The van der Waals surface area contributed by atoms with E-state index in [9.17, 15) is 20.4 Å². The summed E-state index contributed by atoms with van der Waals surface area (Å²) in [5.74, 6) is -0.723. The van der Waals surface area contributed by atoms with Crippen LogP contribution in [0.4, 0.5) is 0 Å². The van der Waals surface area contributed by atoms with Crippen LogP contribution in [-0.2, 0) is 28.4 Å². The summed E-state index contributed by atoms with van der Waals surface area (Å²) >= 11 is 0. The molecule has 0 aromatic heterocycles. The van der Waals surface area contributed by atoms with Crippen molar-refractivity contribution < 1.29 is 48.8 Å². The van der Waals surface area contributed by atoms with Crippen molar-refractivity contribution in [1.82, 2.24) is 0 Å². The largest absolute Gasteiger partial charge is 0.388 e. The minimum absolute atomic E-state index is 0.0140. The van der Waals surface area contributed by atoms with E-state index in [-0.39, 0.29) is 26.1 Å². The highest BCUT2D eigenvalue weighted by molar-refractivity contribution is 4.90. The lowest BCUT2D eigenvalue weighted by Crippen LogP contribution is -2.54. The Hall–Kier alpha value is -0.400. The first-order valence-corrected chi connectivity index (χ1v) is 8.29. The van der Waals surface area contributed by atoms with Crippen molar-refractivity contribution in [2.24, 2.45) is 0 Å². The smallest absolute Gasteiger partial charge is 0.186 e. The Labute approximate surface area is 145 Å². The molecule has 0 unspecified atom stereocenters. The van der Waals surface area contributed by atoms with Crippen molar-refractivity contribution in [1.29, 1.82) is 0 Å². The van der Waals surface area contributed by atoms with Crippen LogP contribution < -0.4 is 0 Å². The van der Waals surface area contributed by atoms with Crippen LogP contribution >= 0.6 is 0 Å². The third kappa shape index (κ3) is 4.30. The molecule has 3 saturated heterocycles. The molecule has 0 amide bonds. The third-order valence-electron chi connectivity index (χ3n) is 4.51. The molecule has 0 aromatic carbocycles. The van der Waals surface area contributed by atoms with E-state index in [1.54, 1.807) is 13.8 Å². The number of hydrogen-bond donors (Lipinski definition) is 4. The molecular formula is C15H26O10. The van der Waals surface area contributed by atoms with Gasteiger partial charge in [-0.25, -0.2) is 0 Å². The Morgan fingerprint density at radius 1 is 1.08 bits per heavy atom. The van der Waals surface area contributed by atoms with Gasteiger partial charge in [-0.3, -0.25) is 0 Å². The Balaban J connectivity index is 1.51. The molecule has 3 aliphatic rings. The van der Waals surface area contributed by atoms with Gasteiger partial charge < -0.3 is 48.8 Å². The lowest BCUT2D eigenvalue weighted by molar-refractivity contribution is -0.276. The van der Waals surface area contributed by atoms with Crippen LogP contribution in [0, 0.1) is 0 Å². The van der Waals surface area contributed by atoms with Gasteiger partial charge in [0.25, 0.3) is 0 Å². The minimum Gasteiger partial charge on any atom is -0.388 e. The Morgan fingerprint density at radius 3 is 2.52 bits per heavy atom. The van der Waals surface area contributed by atoms with E-state index < -0.39 is 48.7 Å². The third-order valence-corrected chi connectivity index (χ3v) is 4.51.